The Bertz CT molecular complexity index is 567. The van der Waals surface area contributed by atoms with Crippen molar-refractivity contribution in [2.75, 3.05) is 18.2 Å². The second kappa shape index (κ2) is 6.23. The molecule has 20 heavy (non-hydrogen) atoms. The van der Waals surface area contributed by atoms with Crippen molar-refractivity contribution in [3.8, 4) is 5.88 Å². The summed E-state index contributed by atoms with van der Waals surface area (Å²) in [4.78, 5) is 8.06. The maximum absolute atomic E-state index is 5.61. The minimum absolute atomic E-state index is 0.196. The van der Waals surface area contributed by atoms with Crippen LogP contribution in [0.15, 0.2) is 30.3 Å². The number of aromatic nitrogens is 2. The van der Waals surface area contributed by atoms with Crippen LogP contribution in [0.1, 0.15) is 30.9 Å². The molecular weight excluding hydrogens is 252 g/mol. The molecule has 5 heteroatoms. The number of nitrogens with zero attached hydrogens (tertiary/aromatic N) is 2. The summed E-state index contributed by atoms with van der Waals surface area (Å²) in [6, 6.07) is 10.3. The summed E-state index contributed by atoms with van der Waals surface area (Å²) in [5, 5.41) is 3.21. The standard InChI is InChI=1S/C15H20N4O/c1-10(2)12-6-4-11(5-7-12)9-17-13-8-14(20-3)19-15(16)18-13/h4-8,10H,9H2,1-3H3,(H3,16,17,18,19). The second-order valence-electron chi connectivity index (χ2n) is 4.90. The molecule has 0 aliphatic heterocycles. The number of methoxy groups -OCH3 is 1. The fourth-order valence-corrected chi connectivity index (χ4v) is 1.85. The van der Waals surface area contributed by atoms with Gasteiger partial charge < -0.3 is 15.8 Å². The van der Waals surface area contributed by atoms with E-state index in [1.54, 1.807) is 13.2 Å². The number of anilines is 2. The molecule has 0 aliphatic carbocycles. The number of nitrogen functional groups attached to an aromatic ring is 1. The topological polar surface area (TPSA) is 73.1 Å². The molecule has 0 atom stereocenters. The Labute approximate surface area is 119 Å². The molecule has 0 saturated carbocycles. The Hall–Kier alpha value is -2.30. The number of hydrogen-bond acceptors (Lipinski definition) is 5. The lowest BCUT2D eigenvalue weighted by atomic mass is 10.0. The van der Waals surface area contributed by atoms with E-state index in [9.17, 15) is 0 Å². The quantitative estimate of drug-likeness (QED) is 0.875. The molecule has 0 spiro atoms. The molecule has 0 unspecified atom stereocenters. The van der Waals surface area contributed by atoms with Crippen molar-refractivity contribution in [1.29, 1.82) is 0 Å². The minimum Gasteiger partial charge on any atom is -0.481 e. The van der Waals surface area contributed by atoms with Gasteiger partial charge in [-0.1, -0.05) is 38.1 Å². The van der Waals surface area contributed by atoms with Crippen LogP contribution in [0.25, 0.3) is 0 Å². The third-order valence-electron chi connectivity index (χ3n) is 3.05. The van der Waals surface area contributed by atoms with Crippen LogP contribution >= 0.6 is 0 Å². The summed E-state index contributed by atoms with van der Waals surface area (Å²) >= 11 is 0. The van der Waals surface area contributed by atoms with E-state index in [1.165, 1.54) is 11.1 Å². The van der Waals surface area contributed by atoms with Gasteiger partial charge >= 0.3 is 0 Å². The number of ether oxygens (including phenoxy) is 1. The molecule has 3 N–H and O–H groups in total. The normalized spacial score (nSPS) is 10.6. The number of nitrogens with one attached hydrogen (secondary N) is 1. The van der Waals surface area contributed by atoms with Crippen LogP contribution in [0.2, 0.25) is 0 Å². The highest BCUT2D eigenvalue weighted by atomic mass is 16.5. The maximum atomic E-state index is 5.61. The average molecular weight is 272 g/mol. The average Bonchev–Trinajstić information content (AvgIpc) is 2.45. The summed E-state index contributed by atoms with van der Waals surface area (Å²) in [5.74, 6) is 1.85. The highest BCUT2D eigenvalue weighted by molar-refractivity contribution is 5.43. The largest absolute Gasteiger partial charge is 0.481 e. The SMILES string of the molecule is COc1cc(NCc2ccc(C(C)C)cc2)nc(N)n1. The Morgan fingerprint density at radius 3 is 2.50 bits per heavy atom. The molecule has 5 nitrogen and oxygen atoms in total. The van der Waals surface area contributed by atoms with Crippen molar-refractivity contribution in [2.24, 2.45) is 0 Å². The summed E-state index contributed by atoms with van der Waals surface area (Å²) in [6.07, 6.45) is 0. The lowest BCUT2D eigenvalue weighted by Crippen LogP contribution is -2.05. The van der Waals surface area contributed by atoms with Gasteiger partial charge in [-0.3, -0.25) is 0 Å². The lowest BCUT2D eigenvalue weighted by molar-refractivity contribution is 0.398. The number of rotatable bonds is 5. The molecule has 1 aromatic heterocycles. The monoisotopic (exact) mass is 272 g/mol. The number of benzene rings is 1. The van der Waals surface area contributed by atoms with Gasteiger partial charge in [-0.2, -0.15) is 9.97 Å². The Morgan fingerprint density at radius 2 is 1.90 bits per heavy atom. The van der Waals surface area contributed by atoms with E-state index < -0.39 is 0 Å². The predicted octanol–water partition coefficient (Wildman–Crippen LogP) is 2.80. The first kappa shape index (κ1) is 14.1. The summed E-state index contributed by atoms with van der Waals surface area (Å²) in [6.45, 7) is 5.05. The zero-order valence-electron chi connectivity index (χ0n) is 12.1. The van der Waals surface area contributed by atoms with Crippen molar-refractivity contribution in [2.45, 2.75) is 26.3 Å². The smallest absolute Gasteiger partial charge is 0.225 e. The Morgan fingerprint density at radius 1 is 1.20 bits per heavy atom. The lowest BCUT2D eigenvalue weighted by Gasteiger charge is -2.09. The van der Waals surface area contributed by atoms with Crippen LogP contribution in [0.3, 0.4) is 0 Å². The molecule has 0 amide bonds. The molecule has 0 radical (unpaired) electrons. The molecule has 1 heterocycles. The van der Waals surface area contributed by atoms with Crippen LogP contribution in [0.5, 0.6) is 5.88 Å². The number of nitrogens with two attached hydrogens (primary N) is 1. The molecule has 0 aliphatic rings. The van der Waals surface area contributed by atoms with Gasteiger partial charge in [0.15, 0.2) is 0 Å². The summed E-state index contributed by atoms with van der Waals surface area (Å²) < 4.78 is 5.06. The van der Waals surface area contributed by atoms with Gasteiger partial charge in [-0.25, -0.2) is 0 Å². The molecule has 2 aromatic rings. The fourth-order valence-electron chi connectivity index (χ4n) is 1.85. The first-order chi connectivity index (χ1) is 9.58. The fraction of sp³-hybridized carbons (Fsp3) is 0.333. The number of hydrogen-bond donors (Lipinski definition) is 2. The van der Waals surface area contributed by atoms with Gasteiger partial charge in [-0.15, -0.1) is 0 Å². The first-order valence-corrected chi connectivity index (χ1v) is 6.59. The zero-order chi connectivity index (χ0) is 14.5. The third-order valence-corrected chi connectivity index (χ3v) is 3.05. The Balaban J connectivity index is 2.03. The van der Waals surface area contributed by atoms with E-state index in [0.29, 0.717) is 24.2 Å². The minimum atomic E-state index is 0.196. The van der Waals surface area contributed by atoms with Crippen LogP contribution in [0.4, 0.5) is 11.8 Å². The molecule has 1 aromatic carbocycles. The molecule has 0 saturated heterocycles. The molecule has 0 fully saturated rings. The zero-order valence-corrected chi connectivity index (χ0v) is 12.1. The Kier molecular flexibility index (Phi) is 4.40. The van der Waals surface area contributed by atoms with Gasteiger partial charge in [0.2, 0.25) is 11.8 Å². The van der Waals surface area contributed by atoms with Gasteiger partial charge in [0, 0.05) is 12.6 Å². The van der Waals surface area contributed by atoms with Gasteiger partial charge in [0.1, 0.15) is 5.82 Å². The third kappa shape index (κ3) is 3.60. The van der Waals surface area contributed by atoms with Gasteiger partial charge in [-0.05, 0) is 17.0 Å². The van der Waals surface area contributed by atoms with E-state index >= 15 is 0 Å². The first-order valence-electron chi connectivity index (χ1n) is 6.59. The molecule has 0 bridgehead atoms. The molecule has 106 valence electrons. The highest BCUT2D eigenvalue weighted by Crippen LogP contribution is 2.17. The molecule has 2 rings (SSSR count). The summed E-state index contributed by atoms with van der Waals surface area (Å²) in [5.41, 5.74) is 8.14. The van der Waals surface area contributed by atoms with E-state index in [-0.39, 0.29) is 5.95 Å². The van der Waals surface area contributed by atoms with Gasteiger partial charge in [0.05, 0.1) is 7.11 Å². The van der Waals surface area contributed by atoms with Crippen LogP contribution in [0, 0.1) is 0 Å². The second-order valence-corrected chi connectivity index (χ2v) is 4.90. The van der Waals surface area contributed by atoms with E-state index in [1.807, 2.05) is 0 Å². The van der Waals surface area contributed by atoms with Crippen LogP contribution in [-0.2, 0) is 6.54 Å². The van der Waals surface area contributed by atoms with Crippen LogP contribution in [-0.4, -0.2) is 17.1 Å². The van der Waals surface area contributed by atoms with E-state index in [0.717, 1.165) is 0 Å². The van der Waals surface area contributed by atoms with Crippen LogP contribution < -0.4 is 15.8 Å². The predicted molar refractivity (Wildman–Crippen MR) is 80.9 cm³/mol. The van der Waals surface area contributed by atoms with Crippen molar-refractivity contribution < 1.29 is 4.74 Å². The van der Waals surface area contributed by atoms with E-state index in [4.69, 9.17) is 10.5 Å². The van der Waals surface area contributed by atoms with E-state index in [2.05, 4.69) is 53.4 Å². The van der Waals surface area contributed by atoms with Crippen molar-refractivity contribution in [1.82, 2.24) is 9.97 Å². The van der Waals surface area contributed by atoms with Crippen molar-refractivity contribution in [3.63, 3.8) is 0 Å². The summed E-state index contributed by atoms with van der Waals surface area (Å²) in [7, 11) is 1.55. The van der Waals surface area contributed by atoms with Crippen molar-refractivity contribution >= 4 is 11.8 Å². The van der Waals surface area contributed by atoms with Gasteiger partial charge in [0.25, 0.3) is 0 Å². The maximum Gasteiger partial charge on any atom is 0.225 e. The molecular formula is C15H20N4O. The van der Waals surface area contributed by atoms with Crippen molar-refractivity contribution in [3.05, 3.63) is 41.5 Å². The highest BCUT2D eigenvalue weighted by Gasteiger charge is 2.03.